The summed E-state index contributed by atoms with van der Waals surface area (Å²) in [5.41, 5.74) is 2.55. The van der Waals surface area contributed by atoms with Gasteiger partial charge >= 0.3 is 5.97 Å². The zero-order valence-corrected chi connectivity index (χ0v) is 14.2. The summed E-state index contributed by atoms with van der Waals surface area (Å²) < 4.78 is 27.7. The zero-order valence-electron chi connectivity index (χ0n) is 13.4. The lowest BCUT2D eigenvalue weighted by Gasteiger charge is -2.24. The third-order valence-corrected chi connectivity index (χ3v) is 4.81. The number of aryl methyl sites for hydroxylation is 1. The van der Waals surface area contributed by atoms with Gasteiger partial charge in [0.25, 0.3) is 5.91 Å². The first-order valence-electron chi connectivity index (χ1n) is 7.48. The molecule has 0 fully saturated rings. The predicted octanol–water partition coefficient (Wildman–Crippen LogP) is 1.36. The predicted molar refractivity (Wildman–Crippen MR) is 90.5 cm³/mol. The maximum Gasteiger partial charge on any atom is 0.339 e. The number of ether oxygens (including phenoxy) is 1. The van der Waals surface area contributed by atoms with Crippen LogP contribution in [0.1, 0.15) is 21.5 Å². The molecule has 0 spiro atoms. The minimum absolute atomic E-state index is 0.0566. The van der Waals surface area contributed by atoms with E-state index in [0.717, 1.165) is 11.1 Å². The standard InChI is InChI=1S/C17H16N2O5S/c1-10-2-3-11-9-15(24-17(21)14(11)8-10)16(20)19-12-4-6-13(7-5-12)25(18,22)23/h2-8,15H,9H2,1H3,(H,19,20)(H2,18,22,23)/t15-/m0/s1. The second-order valence-electron chi connectivity index (χ2n) is 5.82. The molecular formula is C17H16N2O5S. The molecule has 1 aliphatic rings. The molecule has 7 nitrogen and oxygen atoms in total. The maximum atomic E-state index is 12.3. The number of fused-ring (bicyclic) bond motifs is 1. The zero-order chi connectivity index (χ0) is 18.2. The number of hydrogen-bond donors (Lipinski definition) is 2. The summed E-state index contributed by atoms with van der Waals surface area (Å²) in [4.78, 5) is 24.4. The smallest absolute Gasteiger partial charge is 0.339 e. The average molecular weight is 360 g/mol. The van der Waals surface area contributed by atoms with E-state index in [0.29, 0.717) is 11.3 Å². The van der Waals surface area contributed by atoms with Gasteiger partial charge in [-0.2, -0.15) is 0 Å². The van der Waals surface area contributed by atoms with E-state index in [9.17, 15) is 18.0 Å². The van der Waals surface area contributed by atoms with Crippen molar-refractivity contribution in [2.24, 2.45) is 5.14 Å². The highest BCUT2D eigenvalue weighted by Gasteiger charge is 2.31. The van der Waals surface area contributed by atoms with Crippen molar-refractivity contribution in [3.8, 4) is 0 Å². The number of amides is 1. The quantitative estimate of drug-likeness (QED) is 0.802. The van der Waals surface area contributed by atoms with Gasteiger partial charge in [0.2, 0.25) is 10.0 Å². The van der Waals surface area contributed by atoms with Crippen LogP contribution in [0.2, 0.25) is 0 Å². The number of benzene rings is 2. The molecule has 0 radical (unpaired) electrons. The lowest BCUT2D eigenvalue weighted by molar-refractivity contribution is -0.125. The average Bonchev–Trinajstić information content (AvgIpc) is 2.55. The normalized spacial score (nSPS) is 16.7. The van der Waals surface area contributed by atoms with Crippen LogP contribution in [0, 0.1) is 6.92 Å². The highest BCUT2D eigenvalue weighted by molar-refractivity contribution is 7.89. The molecular weight excluding hydrogens is 344 g/mol. The Morgan fingerprint density at radius 2 is 1.88 bits per heavy atom. The van der Waals surface area contributed by atoms with Crippen LogP contribution in [-0.2, 0) is 26.0 Å². The lowest BCUT2D eigenvalue weighted by Crippen LogP contribution is -2.38. The second kappa shape index (κ2) is 6.30. The number of primary sulfonamides is 1. The van der Waals surface area contributed by atoms with Crippen LogP contribution < -0.4 is 10.5 Å². The minimum atomic E-state index is -3.79. The van der Waals surface area contributed by atoms with Gasteiger partial charge in [-0.3, -0.25) is 4.79 Å². The molecule has 3 rings (SSSR count). The van der Waals surface area contributed by atoms with E-state index in [4.69, 9.17) is 9.88 Å². The molecule has 0 aromatic heterocycles. The van der Waals surface area contributed by atoms with Crippen LogP contribution >= 0.6 is 0 Å². The van der Waals surface area contributed by atoms with Gasteiger partial charge in [-0.05, 0) is 42.8 Å². The van der Waals surface area contributed by atoms with Gasteiger partial charge in [-0.25, -0.2) is 18.4 Å². The van der Waals surface area contributed by atoms with Crippen LogP contribution in [0.3, 0.4) is 0 Å². The van der Waals surface area contributed by atoms with Crippen molar-refractivity contribution < 1.29 is 22.7 Å². The molecule has 25 heavy (non-hydrogen) atoms. The Kier molecular flexibility index (Phi) is 4.32. The molecule has 8 heteroatoms. The molecule has 1 aliphatic heterocycles. The van der Waals surface area contributed by atoms with E-state index >= 15 is 0 Å². The van der Waals surface area contributed by atoms with Gasteiger partial charge < -0.3 is 10.1 Å². The van der Waals surface area contributed by atoms with Crippen LogP contribution in [0.5, 0.6) is 0 Å². The number of rotatable bonds is 3. The Hall–Kier alpha value is -2.71. The van der Waals surface area contributed by atoms with E-state index in [-0.39, 0.29) is 11.3 Å². The number of nitrogens with two attached hydrogens (primary N) is 1. The molecule has 2 aromatic rings. The summed E-state index contributed by atoms with van der Waals surface area (Å²) in [6.07, 6.45) is -0.664. The third kappa shape index (κ3) is 3.70. The molecule has 0 unspecified atom stereocenters. The van der Waals surface area contributed by atoms with E-state index < -0.39 is 28.0 Å². The monoisotopic (exact) mass is 360 g/mol. The molecule has 130 valence electrons. The van der Waals surface area contributed by atoms with Gasteiger partial charge in [0.1, 0.15) is 0 Å². The second-order valence-corrected chi connectivity index (χ2v) is 7.38. The summed E-state index contributed by atoms with van der Waals surface area (Å²) in [5, 5.41) is 7.62. The van der Waals surface area contributed by atoms with E-state index in [1.54, 1.807) is 6.07 Å². The number of carbonyl (C=O) groups is 2. The maximum absolute atomic E-state index is 12.3. The fourth-order valence-corrected chi connectivity index (χ4v) is 3.10. The first kappa shape index (κ1) is 17.1. The number of anilines is 1. The summed E-state index contributed by atoms with van der Waals surface area (Å²) >= 11 is 0. The SMILES string of the molecule is Cc1ccc2c(c1)C(=O)O[C@H](C(=O)Nc1ccc(S(N)(=O)=O)cc1)C2. The molecule has 0 saturated heterocycles. The van der Waals surface area contributed by atoms with Crippen LogP contribution in [-0.4, -0.2) is 26.4 Å². The number of nitrogens with one attached hydrogen (secondary N) is 1. The number of carbonyl (C=O) groups excluding carboxylic acids is 2. The van der Waals surface area contributed by atoms with Crippen molar-refractivity contribution in [2.45, 2.75) is 24.3 Å². The van der Waals surface area contributed by atoms with E-state index in [1.165, 1.54) is 24.3 Å². The van der Waals surface area contributed by atoms with Crippen LogP contribution in [0.25, 0.3) is 0 Å². The van der Waals surface area contributed by atoms with E-state index in [2.05, 4.69) is 5.32 Å². The van der Waals surface area contributed by atoms with Crippen LogP contribution in [0.15, 0.2) is 47.4 Å². The topological polar surface area (TPSA) is 116 Å². The van der Waals surface area contributed by atoms with Gasteiger partial charge in [0, 0.05) is 12.1 Å². The molecule has 0 bridgehead atoms. The minimum Gasteiger partial charge on any atom is -0.448 e. The number of hydrogen-bond acceptors (Lipinski definition) is 5. The highest BCUT2D eigenvalue weighted by atomic mass is 32.2. The molecule has 1 atom stereocenters. The van der Waals surface area contributed by atoms with Crippen molar-refractivity contribution in [2.75, 3.05) is 5.32 Å². The van der Waals surface area contributed by atoms with Gasteiger partial charge in [0.05, 0.1) is 10.5 Å². The van der Waals surface area contributed by atoms with Gasteiger partial charge in [-0.15, -0.1) is 0 Å². The fraction of sp³-hybridized carbons (Fsp3) is 0.176. The van der Waals surface area contributed by atoms with Crippen molar-refractivity contribution >= 4 is 27.6 Å². The molecule has 1 heterocycles. The lowest BCUT2D eigenvalue weighted by atomic mass is 9.96. The van der Waals surface area contributed by atoms with Gasteiger partial charge in [-0.1, -0.05) is 17.7 Å². The Bertz CT molecular complexity index is 952. The fourth-order valence-electron chi connectivity index (χ4n) is 2.59. The first-order chi connectivity index (χ1) is 11.7. The molecule has 0 saturated carbocycles. The van der Waals surface area contributed by atoms with Crippen molar-refractivity contribution in [3.63, 3.8) is 0 Å². The molecule has 1 amide bonds. The number of esters is 1. The van der Waals surface area contributed by atoms with Crippen molar-refractivity contribution in [3.05, 3.63) is 59.2 Å². The van der Waals surface area contributed by atoms with Crippen molar-refractivity contribution in [1.29, 1.82) is 0 Å². The number of cyclic esters (lactones) is 1. The van der Waals surface area contributed by atoms with Crippen LogP contribution in [0.4, 0.5) is 5.69 Å². The molecule has 2 aromatic carbocycles. The Morgan fingerprint density at radius 1 is 1.20 bits per heavy atom. The third-order valence-electron chi connectivity index (χ3n) is 3.88. The Balaban J connectivity index is 1.74. The summed E-state index contributed by atoms with van der Waals surface area (Å²) in [6, 6.07) is 10.8. The largest absolute Gasteiger partial charge is 0.448 e. The molecule has 0 aliphatic carbocycles. The van der Waals surface area contributed by atoms with E-state index in [1.807, 2.05) is 19.1 Å². The first-order valence-corrected chi connectivity index (χ1v) is 9.03. The summed E-state index contributed by atoms with van der Waals surface area (Å²) in [7, 11) is -3.79. The molecule has 3 N–H and O–H groups in total. The summed E-state index contributed by atoms with van der Waals surface area (Å²) in [5.74, 6) is -1.02. The summed E-state index contributed by atoms with van der Waals surface area (Å²) in [6.45, 7) is 1.87. The Labute approximate surface area is 144 Å². The van der Waals surface area contributed by atoms with Gasteiger partial charge in [0.15, 0.2) is 6.10 Å². The van der Waals surface area contributed by atoms with Crippen molar-refractivity contribution in [1.82, 2.24) is 0 Å². The highest BCUT2D eigenvalue weighted by Crippen LogP contribution is 2.23. The Morgan fingerprint density at radius 3 is 2.52 bits per heavy atom. The number of sulfonamides is 1.